The molecule has 0 amide bonds. The molecule has 1 aliphatic carbocycles. The number of halogens is 1. The molecule has 2 aromatic rings. The molecular weight excluding hydrogens is 341 g/mol. The molecule has 26 heavy (non-hydrogen) atoms. The van der Waals surface area contributed by atoms with E-state index in [1.807, 2.05) is 4.57 Å². The number of ether oxygens (including phenoxy) is 3. The third-order valence-electron chi connectivity index (χ3n) is 5.35. The summed E-state index contributed by atoms with van der Waals surface area (Å²) in [6, 6.07) is 4.74. The Morgan fingerprint density at radius 3 is 2.58 bits per heavy atom. The first kappa shape index (κ1) is 17.2. The molecule has 1 saturated carbocycles. The predicted octanol–water partition coefficient (Wildman–Crippen LogP) is 2.99. The molecule has 1 aromatic carbocycles. The topological polar surface area (TPSA) is 66.8 Å². The Hall–Kier alpha value is -2.25. The van der Waals surface area contributed by atoms with Crippen LogP contribution in [0, 0.1) is 5.82 Å². The standard InChI is InChI=1S/C19H20FNO5/c1-24-18(23)17(22)13-11-21(15-4-2-3-14(20)16(13)15)12-5-7-19(8-6-12)25-9-10-26-19/h2-4,11-12H,5-10H2,1H3. The van der Waals surface area contributed by atoms with Gasteiger partial charge in [0.05, 0.1) is 31.4 Å². The van der Waals surface area contributed by atoms with Crippen LogP contribution < -0.4 is 0 Å². The van der Waals surface area contributed by atoms with E-state index in [9.17, 15) is 14.0 Å². The quantitative estimate of drug-likeness (QED) is 0.478. The Labute approximate surface area is 149 Å². The molecule has 0 bridgehead atoms. The zero-order valence-corrected chi connectivity index (χ0v) is 14.5. The van der Waals surface area contributed by atoms with Crippen LogP contribution in [0.3, 0.4) is 0 Å². The zero-order chi connectivity index (χ0) is 18.3. The number of hydrogen-bond acceptors (Lipinski definition) is 5. The summed E-state index contributed by atoms with van der Waals surface area (Å²) in [5, 5.41) is 0.163. The minimum atomic E-state index is -0.998. The summed E-state index contributed by atoms with van der Waals surface area (Å²) in [4.78, 5) is 24.0. The van der Waals surface area contributed by atoms with Gasteiger partial charge in [0.1, 0.15) is 5.82 Å². The highest BCUT2D eigenvalue weighted by molar-refractivity contribution is 6.43. The van der Waals surface area contributed by atoms with Crippen molar-refractivity contribution >= 4 is 22.7 Å². The molecule has 0 unspecified atom stereocenters. The average molecular weight is 361 g/mol. The fourth-order valence-electron chi connectivity index (χ4n) is 4.05. The van der Waals surface area contributed by atoms with Gasteiger partial charge in [0.15, 0.2) is 5.79 Å². The number of esters is 1. The van der Waals surface area contributed by atoms with Gasteiger partial charge >= 0.3 is 5.97 Å². The third kappa shape index (κ3) is 2.71. The lowest BCUT2D eigenvalue weighted by molar-refractivity contribution is -0.181. The number of methoxy groups -OCH3 is 1. The number of fused-ring (bicyclic) bond motifs is 1. The molecular formula is C19H20FNO5. The van der Waals surface area contributed by atoms with Crippen LogP contribution in [-0.4, -0.2) is 42.4 Å². The first-order chi connectivity index (χ1) is 12.5. The van der Waals surface area contributed by atoms with Gasteiger partial charge in [-0.25, -0.2) is 9.18 Å². The number of nitrogens with zero attached hydrogens (tertiary/aromatic N) is 1. The lowest BCUT2D eigenvalue weighted by Gasteiger charge is -2.36. The Morgan fingerprint density at radius 2 is 1.92 bits per heavy atom. The van der Waals surface area contributed by atoms with Gasteiger partial charge in [-0.3, -0.25) is 4.79 Å². The minimum absolute atomic E-state index is 0.0404. The summed E-state index contributed by atoms with van der Waals surface area (Å²) >= 11 is 0. The van der Waals surface area contributed by atoms with E-state index in [1.165, 1.54) is 6.07 Å². The van der Waals surface area contributed by atoms with E-state index < -0.39 is 23.4 Å². The van der Waals surface area contributed by atoms with Gasteiger partial charge in [-0.15, -0.1) is 0 Å². The molecule has 6 nitrogen and oxygen atoms in total. The molecule has 1 aliphatic heterocycles. The predicted molar refractivity (Wildman–Crippen MR) is 90.4 cm³/mol. The molecule has 1 aromatic heterocycles. The van der Waals surface area contributed by atoms with Crippen molar-refractivity contribution in [2.45, 2.75) is 37.5 Å². The maximum absolute atomic E-state index is 14.4. The summed E-state index contributed by atoms with van der Waals surface area (Å²) in [6.07, 6.45) is 4.63. The first-order valence-corrected chi connectivity index (χ1v) is 8.74. The third-order valence-corrected chi connectivity index (χ3v) is 5.35. The van der Waals surface area contributed by atoms with E-state index in [0.29, 0.717) is 18.7 Å². The van der Waals surface area contributed by atoms with Crippen LogP contribution in [0.2, 0.25) is 0 Å². The number of ketones is 1. The van der Waals surface area contributed by atoms with Crippen molar-refractivity contribution in [3.63, 3.8) is 0 Å². The lowest BCUT2D eigenvalue weighted by Crippen LogP contribution is -2.35. The van der Waals surface area contributed by atoms with Crippen LogP contribution in [0.15, 0.2) is 24.4 Å². The lowest BCUT2D eigenvalue weighted by atomic mass is 9.90. The van der Waals surface area contributed by atoms with Gasteiger partial charge in [-0.05, 0) is 25.0 Å². The summed E-state index contributed by atoms with van der Waals surface area (Å²) in [7, 11) is 1.14. The monoisotopic (exact) mass is 361 g/mol. The van der Waals surface area contributed by atoms with Gasteiger partial charge in [0.25, 0.3) is 5.78 Å². The second-order valence-electron chi connectivity index (χ2n) is 6.74. The molecule has 138 valence electrons. The Balaban J connectivity index is 1.71. The molecule has 4 rings (SSSR count). The van der Waals surface area contributed by atoms with Crippen molar-refractivity contribution in [3.05, 3.63) is 35.8 Å². The Morgan fingerprint density at radius 1 is 1.23 bits per heavy atom. The van der Waals surface area contributed by atoms with E-state index in [4.69, 9.17) is 9.47 Å². The van der Waals surface area contributed by atoms with E-state index in [-0.39, 0.29) is 17.0 Å². The second kappa shape index (κ2) is 6.48. The van der Waals surface area contributed by atoms with Crippen molar-refractivity contribution in [2.24, 2.45) is 0 Å². The smallest absolute Gasteiger partial charge is 0.379 e. The van der Waals surface area contributed by atoms with Crippen molar-refractivity contribution < 1.29 is 28.2 Å². The number of aromatic nitrogens is 1. The normalized spacial score (nSPS) is 19.9. The fraction of sp³-hybridized carbons (Fsp3) is 0.474. The van der Waals surface area contributed by atoms with Gasteiger partial charge in [-0.1, -0.05) is 6.07 Å². The van der Waals surface area contributed by atoms with Crippen molar-refractivity contribution in [3.8, 4) is 0 Å². The largest absolute Gasteiger partial charge is 0.463 e. The maximum atomic E-state index is 14.4. The molecule has 0 N–H and O–H groups in total. The van der Waals surface area contributed by atoms with Crippen LogP contribution >= 0.6 is 0 Å². The number of carbonyl (C=O) groups is 2. The van der Waals surface area contributed by atoms with Gasteiger partial charge in [0.2, 0.25) is 0 Å². The number of hydrogen-bond donors (Lipinski definition) is 0. The van der Waals surface area contributed by atoms with Gasteiger partial charge in [0, 0.05) is 30.5 Å². The highest BCUT2D eigenvalue weighted by Crippen LogP contribution is 2.42. The number of Topliss-reactive ketones (excluding diaryl/α,β-unsaturated/α-hetero) is 1. The number of rotatable bonds is 3. The molecule has 2 fully saturated rings. The summed E-state index contributed by atoms with van der Waals surface area (Å²) in [5.74, 6) is -2.85. The molecule has 1 spiro atoms. The first-order valence-electron chi connectivity index (χ1n) is 8.74. The fourth-order valence-corrected chi connectivity index (χ4v) is 4.05. The van der Waals surface area contributed by atoms with E-state index in [1.54, 1.807) is 18.3 Å². The SMILES string of the molecule is COC(=O)C(=O)c1cn(C2CCC3(CC2)OCCO3)c2cccc(F)c12. The molecule has 7 heteroatoms. The highest BCUT2D eigenvalue weighted by atomic mass is 19.1. The molecule has 0 radical (unpaired) electrons. The Bertz CT molecular complexity index is 858. The van der Waals surface area contributed by atoms with Crippen molar-refractivity contribution in [1.82, 2.24) is 4.57 Å². The van der Waals surface area contributed by atoms with Crippen LogP contribution in [0.25, 0.3) is 10.9 Å². The molecule has 0 atom stereocenters. The van der Waals surface area contributed by atoms with Gasteiger partial charge in [-0.2, -0.15) is 0 Å². The van der Waals surface area contributed by atoms with Gasteiger partial charge < -0.3 is 18.8 Å². The molecule has 1 saturated heterocycles. The zero-order valence-electron chi connectivity index (χ0n) is 14.5. The molecule has 2 heterocycles. The second-order valence-corrected chi connectivity index (χ2v) is 6.74. The van der Waals surface area contributed by atoms with E-state index >= 15 is 0 Å². The summed E-state index contributed by atoms with van der Waals surface area (Å²) in [5.41, 5.74) is 0.644. The minimum Gasteiger partial charge on any atom is -0.463 e. The molecule has 2 aliphatic rings. The maximum Gasteiger partial charge on any atom is 0.379 e. The highest BCUT2D eigenvalue weighted by Gasteiger charge is 2.41. The van der Waals surface area contributed by atoms with Crippen molar-refractivity contribution in [1.29, 1.82) is 0 Å². The van der Waals surface area contributed by atoms with Crippen LogP contribution in [0.1, 0.15) is 42.1 Å². The van der Waals surface area contributed by atoms with E-state index in [0.717, 1.165) is 32.8 Å². The average Bonchev–Trinajstić information content (AvgIpc) is 3.27. The summed E-state index contributed by atoms with van der Waals surface area (Å²) in [6.45, 7) is 1.22. The van der Waals surface area contributed by atoms with Crippen LogP contribution in [-0.2, 0) is 19.0 Å². The van der Waals surface area contributed by atoms with E-state index in [2.05, 4.69) is 4.74 Å². The summed E-state index contributed by atoms with van der Waals surface area (Å²) < 4.78 is 32.4. The number of carbonyl (C=O) groups excluding carboxylic acids is 2. The van der Waals surface area contributed by atoms with Crippen LogP contribution in [0.5, 0.6) is 0 Å². The van der Waals surface area contributed by atoms with Crippen LogP contribution in [0.4, 0.5) is 4.39 Å². The van der Waals surface area contributed by atoms with Crippen molar-refractivity contribution in [2.75, 3.05) is 20.3 Å². The number of benzene rings is 1. The Kier molecular flexibility index (Phi) is 4.28.